The zero-order valence-electron chi connectivity index (χ0n) is 17.4. The van der Waals surface area contributed by atoms with E-state index in [4.69, 9.17) is 0 Å². The number of rotatable bonds is 4. The molecule has 4 rings (SSSR count). The van der Waals surface area contributed by atoms with Gasteiger partial charge >= 0.3 is 6.18 Å². The number of carbonyl (C=O) groups excluding carboxylic acids is 1. The third-order valence-corrected chi connectivity index (χ3v) is 5.74. The highest BCUT2D eigenvalue weighted by Gasteiger charge is 2.47. The van der Waals surface area contributed by atoms with Crippen LogP contribution in [0.3, 0.4) is 0 Å². The second-order valence-electron chi connectivity index (χ2n) is 7.81. The standard InChI is InChI=1S/C21H23F3N6O/c1-12-4-6-14(7-5-12)17-8-18(21(22,23)24)30-19(28-17)16(11-27-30)20(31)25-9-15-10-26-29(3)13(15)2/h4-7,10-11,17-18,28H,8-9H2,1-3H3,(H,25,31)/t17-,18+/m0/s1. The molecule has 0 fully saturated rings. The van der Waals surface area contributed by atoms with Gasteiger partial charge in [-0.2, -0.15) is 23.4 Å². The van der Waals surface area contributed by atoms with Crippen LogP contribution in [0.15, 0.2) is 36.7 Å². The average molecular weight is 432 g/mol. The van der Waals surface area contributed by atoms with Crippen LogP contribution >= 0.6 is 0 Å². The number of benzene rings is 1. The largest absolute Gasteiger partial charge is 0.410 e. The topological polar surface area (TPSA) is 76.8 Å². The molecule has 3 aromatic rings. The summed E-state index contributed by atoms with van der Waals surface area (Å²) in [7, 11) is 1.79. The van der Waals surface area contributed by atoms with Gasteiger partial charge in [0.2, 0.25) is 0 Å². The lowest BCUT2D eigenvalue weighted by molar-refractivity contribution is -0.173. The highest BCUT2D eigenvalue weighted by molar-refractivity contribution is 5.98. The summed E-state index contributed by atoms with van der Waals surface area (Å²) in [5.74, 6) is -0.429. The average Bonchev–Trinajstić information content (AvgIpc) is 3.29. The maximum absolute atomic E-state index is 13.8. The van der Waals surface area contributed by atoms with Gasteiger partial charge in [0.15, 0.2) is 6.04 Å². The number of nitrogens with zero attached hydrogens (tertiary/aromatic N) is 4. The van der Waals surface area contributed by atoms with Crippen LogP contribution < -0.4 is 10.6 Å². The van der Waals surface area contributed by atoms with Gasteiger partial charge in [0.25, 0.3) is 5.91 Å². The monoisotopic (exact) mass is 432 g/mol. The number of anilines is 1. The highest BCUT2D eigenvalue weighted by atomic mass is 19.4. The van der Waals surface area contributed by atoms with Gasteiger partial charge in [-0.15, -0.1) is 0 Å². The van der Waals surface area contributed by atoms with Crippen LogP contribution in [0.2, 0.25) is 0 Å². The Morgan fingerprint density at radius 2 is 1.90 bits per heavy atom. The van der Waals surface area contributed by atoms with Crippen molar-refractivity contribution in [2.75, 3.05) is 5.32 Å². The Labute approximate surface area is 177 Å². The smallest absolute Gasteiger partial charge is 0.363 e. The Hall–Kier alpha value is -3.30. The maximum Gasteiger partial charge on any atom is 0.410 e. The molecule has 1 aromatic carbocycles. The summed E-state index contributed by atoms with van der Waals surface area (Å²) >= 11 is 0. The van der Waals surface area contributed by atoms with Crippen molar-refractivity contribution in [3.63, 3.8) is 0 Å². The molecule has 0 bridgehead atoms. The molecule has 2 aromatic heterocycles. The first-order chi connectivity index (χ1) is 14.6. The number of hydrogen-bond acceptors (Lipinski definition) is 4. The number of aryl methyl sites for hydroxylation is 2. The summed E-state index contributed by atoms with van der Waals surface area (Å²) in [5.41, 5.74) is 3.54. The molecule has 0 radical (unpaired) electrons. The minimum Gasteiger partial charge on any atom is -0.363 e. The molecule has 1 aliphatic rings. The van der Waals surface area contributed by atoms with Crippen LogP contribution in [0, 0.1) is 13.8 Å². The molecular formula is C21H23F3N6O. The Balaban J connectivity index is 1.62. The van der Waals surface area contributed by atoms with Crippen molar-refractivity contribution in [1.82, 2.24) is 24.9 Å². The summed E-state index contributed by atoms with van der Waals surface area (Å²) in [6, 6.07) is 4.90. The van der Waals surface area contributed by atoms with E-state index in [1.165, 1.54) is 6.20 Å². The lowest BCUT2D eigenvalue weighted by atomic mass is 9.96. The molecule has 2 atom stereocenters. The minimum absolute atomic E-state index is 0.0690. The van der Waals surface area contributed by atoms with Gasteiger partial charge in [0, 0.05) is 31.3 Å². The van der Waals surface area contributed by atoms with Gasteiger partial charge in [-0.3, -0.25) is 9.48 Å². The molecule has 0 saturated heterocycles. The van der Waals surface area contributed by atoms with Gasteiger partial charge < -0.3 is 10.6 Å². The number of halogens is 3. The second kappa shape index (κ2) is 7.75. The summed E-state index contributed by atoms with van der Waals surface area (Å²) in [6.45, 7) is 4.00. The number of fused-ring (bicyclic) bond motifs is 1. The molecular weight excluding hydrogens is 409 g/mol. The molecule has 1 amide bonds. The molecule has 164 valence electrons. The van der Waals surface area contributed by atoms with Crippen molar-refractivity contribution in [3.05, 3.63) is 64.6 Å². The zero-order chi connectivity index (χ0) is 22.3. The fraction of sp³-hybridized carbons (Fsp3) is 0.381. The first-order valence-electron chi connectivity index (χ1n) is 9.88. The van der Waals surface area contributed by atoms with Crippen LogP contribution in [0.4, 0.5) is 19.0 Å². The normalized spacial score (nSPS) is 18.4. The van der Waals surface area contributed by atoms with Crippen LogP contribution in [-0.2, 0) is 13.6 Å². The predicted octanol–water partition coefficient (Wildman–Crippen LogP) is 3.82. The number of nitrogens with one attached hydrogen (secondary N) is 2. The number of amides is 1. The predicted molar refractivity (Wildman–Crippen MR) is 109 cm³/mol. The minimum atomic E-state index is -4.49. The zero-order valence-corrected chi connectivity index (χ0v) is 17.4. The Kier molecular flexibility index (Phi) is 5.24. The molecule has 10 heteroatoms. The second-order valence-corrected chi connectivity index (χ2v) is 7.81. The van der Waals surface area contributed by atoms with E-state index in [9.17, 15) is 18.0 Å². The third-order valence-electron chi connectivity index (χ3n) is 5.74. The third kappa shape index (κ3) is 4.01. The molecule has 0 saturated carbocycles. The van der Waals surface area contributed by atoms with E-state index in [2.05, 4.69) is 20.8 Å². The van der Waals surface area contributed by atoms with Gasteiger partial charge in [-0.1, -0.05) is 29.8 Å². The maximum atomic E-state index is 13.8. The summed E-state index contributed by atoms with van der Waals surface area (Å²) in [4.78, 5) is 12.8. The molecule has 7 nitrogen and oxygen atoms in total. The lowest BCUT2D eigenvalue weighted by Gasteiger charge is -2.34. The molecule has 0 aliphatic carbocycles. The van der Waals surface area contributed by atoms with Crippen molar-refractivity contribution < 1.29 is 18.0 Å². The van der Waals surface area contributed by atoms with Gasteiger partial charge in [-0.05, 0) is 19.4 Å². The van der Waals surface area contributed by atoms with E-state index in [0.29, 0.717) is 0 Å². The number of aromatic nitrogens is 4. The molecule has 31 heavy (non-hydrogen) atoms. The quantitative estimate of drug-likeness (QED) is 0.657. The van der Waals surface area contributed by atoms with Crippen molar-refractivity contribution in [1.29, 1.82) is 0 Å². The van der Waals surface area contributed by atoms with E-state index in [-0.39, 0.29) is 24.3 Å². The fourth-order valence-corrected chi connectivity index (χ4v) is 3.73. The lowest BCUT2D eigenvalue weighted by Crippen LogP contribution is -2.36. The van der Waals surface area contributed by atoms with Crippen molar-refractivity contribution in [3.8, 4) is 0 Å². The summed E-state index contributed by atoms with van der Waals surface area (Å²) in [6.07, 6.45) is -1.87. The Bertz CT molecular complexity index is 1100. The van der Waals surface area contributed by atoms with E-state index in [1.807, 2.05) is 26.0 Å². The van der Waals surface area contributed by atoms with Gasteiger partial charge in [0.05, 0.1) is 18.4 Å². The first kappa shape index (κ1) is 21.0. The van der Waals surface area contributed by atoms with Gasteiger partial charge in [-0.25, -0.2) is 4.68 Å². The number of hydrogen-bond donors (Lipinski definition) is 2. The van der Waals surface area contributed by atoms with E-state index in [1.54, 1.807) is 30.1 Å². The Morgan fingerprint density at radius 3 is 2.52 bits per heavy atom. The molecule has 3 heterocycles. The van der Waals surface area contributed by atoms with Crippen LogP contribution in [0.5, 0.6) is 0 Å². The van der Waals surface area contributed by atoms with E-state index in [0.717, 1.165) is 27.1 Å². The van der Waals surface area contributed by atoms with Crippen LogP contribution in [0.1, 0.15) is 51.2 Å². The summed E-state index contributed by atoms with van der Waals surface area (Å²) < 4.78 is 44.0. The first-order valence-corrected chi connectivity index (χ1v) is 9.88. The summed E-state index contributed by atoms with van der Waals surface area (Å²) in [5, 5.41) is 13.9. The van der Waals surface area contributed by atoms with Crippen molar-refractivity contribution in [2.24, 2.45) is 7.05 Å². The van der Waals surface area contributed by atoms with Crippen molar-refractivity contribution >= 4 is 11.7 Å². The number of carbonyl (C=O) groups is 1. The SMILES string of the molecule is Cc1ccc([C@@H]2C[C@H](C(F)(F)F)n3ncc(C(=O)NCc4cnn(C)c4C)c3N2)cc1. The van der Waals surface area contributed by atoms with E-state index < -0.39 is 24.2 Å². The van der Waals surface area contributed by atoms with Crippen LogP contribution in [0.25, 0.3) is 0 Å². The molecule has 2 N–H and O–H groups in total. The van der Waals surface area contributed by atoms with Crippen LogP contribution in [-0.4, -0.2) is 31.6 Å². The molecule has 1 aliphatic heterocycles. The van der Waals surface area contributed by atoms with Crippen molar-refractivity contribution in [2.45, 2.75) is 45.1 Å². The number of alkyl halides is 3. The molecule has 0 spiro atoms. The molecule has 0 unspecified atom stereocenters. The van der Waals surface area contributed by atoms with Gasteiger partial charge in [0.1, 0.15) is 11.4 Å². The Morgan fingerprint density at radius 1 is 1.19 bits per heavy atom. The highest BCUT2D eigenvalue weighted by Crippen LogP contribution is 2.44. The fourth-order valence-electron chi connectivity index (χ4n) is 3.73. The van der Waals surface area contributed by atoms with E-state index >= 15 is 0 Å².